The number of nitrogens with zero attached hydrogens (tertiary/aromatic N) is 5. The van der Waals surface area contributed by atoms with Crippen LogP contribution in [0.15, 0.2) is 9.37 Å². The Morgan fingerprint density at radius 2 is 2.12 bits per heavy atom. The van der Waals surface area contributed by atoms with Crippen LogP contribution in [0.2, 0.25) is 0 Å². The minimum absolute atomic E-state index is 0.611. The van der Waals surface area contributed by atoms with Crippen molar-refractivity contribution in [2.75, 3.05) is 0 Å². The third-order valence-corrected chi connectivity index (χ3v) is 4.02. The zero-order chi connectivity index (χ0) is 11.7. The molecule has 0 N–H and O–H groups in total. The van der Waals surface area contributed by atoms with Crippen molar-refractivity contribution in [2.24, 2.45) is 7.05 Å². The maximum atomic E-state index is 9.05. The van der Waals surface area contributed by atoms with Crippen LogP contribution < -0.4 is 0 Å². The molecule has 82 valence electrons. The first kappa shape index (κ1) is 11.1. The standard InChI is InChI=1S/C9H9N5S2/c1-5-7(4-10)8(14(3)13-5)16-9-12-11-6(2)15-9/h1-3H3. The summed E-state index contributed by atoms with van der Waals surface area (Å²) in [5, 5.41) is 23.0. The quantitative estimate of drug-likeness (QED) is 0.815. The zero-order valence-corrected chi connectivity index (χ0v) is 10.7. The van der Waals surface area contributed by atoms with E-state index in [0.717, 1.165) is 20.1 Å². The lowest BCUT2D eigenvalue weighted by Crippen LogP contribution is -1.92. The number of hydrogen-bond acceptors (Lipinski definition) is 6. The summed E-state index contributed by atoms with van der Waals surface area (Å²) < 4.78 is 2.53. The van der Waals surface area contributed by atoms with E-state index in [9.17, 15) is 0 Å². The number of nitriles is 1. The third-order valence-electron chi connectivity index (χ3n) is 1.97. The van der Waals surface area contributed by atoms with Gasteiger partial charge in [0.25, 0.3) is 0 Å². The predicted octanol–water partition coefficient (Wildman–Crippen LogP) is 1.91. The second-order valence-corrected chi connectivity index (χ2v) is 5.61. The highest BCUT2D eigenvalue weighted by Crippen LogP contribution is 2.32. The van der Waals surface area contributed by atoms with Crippen molar-refractivity contribution < 1.29 is 0 Å². The van der Waals surface area contributed by atoms with Gasteiger partial charge in [0.2, 0.25) is 0 Å². The van der Waals surface area contributed by atoms with Gasteiger partial charge in [-0.2, -0.15) is 10.4 Å². The summed E-state index contributed by atoms with van der Waals surface area (Å²) in [4.78, 5) is 0. The molecule has 0 aliphatic rings. The maximum Gasteiger partial charge on any atom is 0.180 e. The lowest BCUT2D eigenvalue weighted by Gasteiger charge is -1.97. The van der Waals surface area contributed by atoms with Gasteiger partial charge in [-0.3, -0.25) is 4.68 Å². The molecule has 0 aliphatic heterocycles. The Balaban J connectivity index is 2.38. The zero-order valence-electron chi connectivity index (χ0n) is 9.05. The lowest BCUT2D eigenvalue weighted by molar-refractivity contribution is 0.691. The molecule has 0 fully saturated rings. The molecule has 16 heavy (non-hydrogen) atoms. The minimum atomic E-state index is 0.611. The van der Waals surface area contributed by atoms with Gasteiger partial charge in [0.1, 0.15) is 21.7 Å². The molecule has 0 saturated carbocycles. The van der Waals surface area contributed by atoms with Gasteiger partial charge in [-0.15, -0.1) is 10.2 Å². The fourth-order valence-electron chi connectivity index (χ4n) is 1.29. The molecule has 0 amide bonds. The molecule has 0 saturated heterocycles. The highest BCUT2D eigenvalue weighted by atomic mass is 32.2. The Bertz CT molecular complexity index is 563. The van der Waals surface area contributed by atoms with Crippen LogP contribution in [-0.2, 0) is 7.05 Å². The Morgan fingerprint density at radius 1 is 1.38 bits per heavy atom. The normalized spacial score (nSPS) is 10.4. The fourth-order valence-corrected chi connectivity index (χ4v) is 3.18. The minimum Gasteiger partial charge on any atom is -0.260 e. The largest absolute Gasteiger partial charge is 0.260 e. The van der Waals surface area contributed by atoms with E-state index in [4.69, 9.17) is 5.26 Å². The highest BCUT2D eigenvalue weighted by molar-refractivity contribution is 8.01. The first-order chi connectivity index (χ1) is 7.61. The fraction of sp³-hybridized carbons (Fsp3) is 0.333. The summed E-state index contributed by atoms with van der Waals surface area (Å²) in [5.74, 6) is 0. The molecule has 0 aromatic carbocycles. The van der Waals surface area contributed by atoms with Crippen molar-refractivity contribution in [2.45, 2.75) is 23.2 Å². The number of aryl methyl sites for hydroxylation is 3. The Kier molecular flexibility index (Phi) is 2.94. The predicted molar refractivity (Wildman–Crippen MR) is 61.4 cm³/mol. The van der Waals surface area contributed by atoms with E-state index >= 15 is 0 Å². The molecule has 2 aromatic heterocycles. The van der Waals surface area contributed by atoms with Crippen LogP contribution in [0.4, 0.5) is 0 Å². The maximum absolute atomic E-state index is 9.05. The molecule has 0 aliphatic carbocycles. The summed E-state index contributed by atoms with van der Waals surface area (Å²) in [6.07, 6.45) is 0. The first-order valence-electron chi connectivity index (χ1n) is 4.53. The van der Waals surface area contributed by atoms with Crippen molar-refractivity contribution >= 4 is 23.1 Å². The molecular weight excluding hydrogens is 242 g/mol. The summed E-state index contributed by atoms with van der Waals surface area (Å²) in [7, 11) is 1.82. The SMILES string of the molecule is Cc1nnc(Sc2c(C#N)c(C)nn2C)s1. The molecule has 0 unspecified atom stereocenters. The van der Waals surface area contributed by atoms with E-state index in [0.29, 0.717) is 5.56 Å². The smallest absolute Gasteiger partial charge is 0.180 e. The summed E-state index contributed by atoms with van der Waals surface area (Å²) >= 11 is 2.94. The van der Waals surface area contributed by atoms with Crippen molar-refractivity contribution in [3.05, 3.63) is 16.3 Å². The second-order valence-electron chi connectivity index (χ2n) is 3.19. The molecule has 2 aromatic rings. The van der Waals surface area contributed by atoms with Crippen LogP contribution in [0.25, 0.3) is 0 Å². The van der Waals surface area contributed by atoms with Crippen molar-refractivity contribution in [1.82, 2.24) is 20.0 Å². The van der Waals surface area contributed by atoms with Gasteiger partial charge in [-0.25, -0.2) is 0 Å². The van der Waals surface area contributed by atoms with Crippen LogP contribution in [0.1, 0.15) is 16.3 Å². The van der Waals surface area contributed by atoms with Crippen LogP contribution >= 0.6 is 23.1 Å². The van der Waals surface area contributed by atoms with Crippen LogP contribution in [0, 0.1) is 25.2 Å². The highest BCUT2D eigenvalue weighted by Gasteiger charge is 2.15. The topological polar surface area (TPSA) is 67.4 Å². The Hall–Kier alpha value is -1.39. The summed E-state index contributed by atoms with van der Waals surface area (Å²) in [6.45, 7) is 3.73. The summed E-state index contributed by atoms with van der Waals surface area (Å²) in [6, 6.07) is 2.16. The van der Waals surface area contributed by atoms with E-state index in [2.05, 4.69) is 21.4 Å². The lowest BCUT2D eigenvalue weighted by atomic mass is 10.3. The molecule has 7 heteroatoms. The van der Waals surface area contributed by atoms with Gasteiger partial charge in [0.15, 0.2) is 4.34 Å². The van der Waals surface area contributed by atoms with E-state index in [-0.39, 0.29) is 0 Å². The van der Waals surface area contributed by atoms with Crippen molar-refractivity contribution in [3.8, 4) is 6.07 Å². The molecule has 0 bridgehead atoms. The molecule has 0 atom stereocenters. The molecular formula is C9H9N5S2. The van der Waals surface area contributed by atoms with Gasteiger partial charge >= 0.3 is 0 Å². The van der Waals surface area contributed by atoms with Gasteiger partial charge in [0.05, 0.1) is 5.69 Å². The average Bonchev–Trinajstić information content (AvgIpc) is 2.73. The number of hydrogen-bond donors (Lipinski definition) is 0. The molecule has 5 nitrogen and oxygen atoms in total. The third kappa shape index (κ3) is 1.94. The Morgan fingerprint density at radius 3 is 2.69 bits per heavy atom. The van der Waals surface area contributed by atoms with Crippen LogP contribution in [-0.4, -0.2) is 20.0 Å². The van der Waals surface area contributed by atoms with E-state index in [1.807, 2.05) is 20.9 Å². The van der Waals surface area contributed by atoms with Crippen LogP contribution in [0.3, 0.4) is 0 Å². The number of aromatic nitrogens is 4. The van der Waals surface area contributed by atoms with E-state index in [1.165, 1.54) is 23.1 Å². The molecule has 2 rings (SSSR count). The van der Waals surface area contributed by atoms with Crippen LogP contribution in [0.5, 0.6) is 0 Å². The van der Waals surface area contributed by atoms with Gasteiger partial charge in [-0.05, 0) is 25.6 Å². The van der Waals surface area contributed by atoms with Crippen molar-refractivity contribution in [1.29, 1.82) is 5.26 Å². The molecule has 0 spiro atoms. The van der Waals surface area contributed by atoms with Gasteiger partial charge in [-0.1, -0.05) is 11.3 Å². The van der Waals surface area contributed by atoms with E-state index < -0.39 is 0 Å². The van der Waals surface area contributed by atoms with Crippen molar-refractivity contribution in [3.63, 3.8) is 0 Å². The monoisotopic (exact) mass is 251 g/mol. The average molecular weight is 251 g/mol. The summed E-state index contributed by atoms with van der Waals surface area (Å²) in [5.41, 5.74) is 1.36. The van der Waals surface area contributed by atoms with Gasteiger partial charge in [0, 0.05) is 7.05 Å². The Labute approximate surface area is 101 Å². The first-order valence-corrected chi connectivity index (χ1v) is 6.16. The van der Waals surface area contributed by atoms with E-state index in [1.54, 1.807) is 4.68 Å². The molecule has 0 radical (unpaired) electrons. The number of rotatable bonds is 2. The molecule has 2 heterocycles. The van der Waals surface area contributed by atoms with Gasteiger partial charge < -0.3 is 0 Å². The second kappa shape index (κ2) is 4.23.